The molecule has 0 saturated carbocycles. The average molecular weight is 558 g/mol. The maximum absolute atomic E-state index is 13.4. The standard InChI is InChI=1S/C33H35NO7/c1-4-39-28-19-23(11-14-27(28)40-20-22-9-6-5-7-10-22)30-29(32(36)33(37)34(30)15-8-16-38-3)31(35)24-12-13-26-25(18-24)17-21(2)41-26/h5-7,9-14,18-19,21,30,35H,4,8,15-17,20H2,1-3H3/t21-,30-/m0/s1. The maximum atomic E-state index is 13.4. The zero-order valence-electron chi connectivity index (χ0n) is 23.6. The van der Waals surface area contributed by atoms with Crippen LogP contribution in [-0.4, -0.2) is 54.7 Å². The van der Waals surface area contributed by atoms with Crippen molar-refractivity contribution < 1.29 is 33.6 Å². The minimum atomic E-state index is -0.808. The first kappa shape index (κ1) is 28.2. The van der Waals surface area contributed by atoms with Gasteiger partial charge < -0.3 is 29.0 Å². The van der Waals surface area contributed by atoms with Crippen LogP contribution < -0.4 is 14.2 Å². The summed E-state index contributed by atoms with van der Waals surface area (Å²) in [4.78, 5) is 28.3. The summed E-state index contributed by atoms with van der Waals surface area (Å²) in [5.74, 6) is 0.200. The number of likely N-dealkylation sites (tertiary alicyclic amines) is 1. The van der Waals surface area contributed by atoms with Crippen LogP contribution in [-0.2, 0) is 27.4 Å². The predicted molar refractivity (Wildman–Crippen MR) is 154 cm³/mol. The van der Waals surface area contributed by atoms with Crippen LogP contribution in [0.25, 0.3) is 5.76 Å². The Kier molecular flexibility index (Phi) is 8.59. The first-order chi connectivity index (χ1) is 19.9. The van der Waals surface area contributed by atoms with E-state index >= 15 is 0 Å². The molecule has 3 aromatic carbocycles. The van der Waals surface area contributed by atoms with Crippen LogP contribution in [0.4, 0.5) is 0 Å². The first-order valence-corrected chi connectivity index (χ1v) is 13.9. The summed E-state index contributed by atoms with van der Waals surface area (Å²) in [5.41, 5.74) is 3.11. The van der Waals surface area contributed by atoms with Gasteiger partial charge in [-0.1, -0.05) is 36.4 Å². The van der Waals surface area contributed by atoms with Gasteiger partial charge in [0.15, 0.2) is 11.5 Å². The quantitative estimate of drug-likeness (QED) is 0.145. The number of ether oxygens (including phenoxy) is 4. The number of hydrogen-bond acceptors (Lipinski definition) is 7. The Morgan fingerprint density at radius 3 is 2.59 bits per heavy atom. The number of amides is 1. The highest BCUT2D eigenvalue weighted by molar-refractivity contribution is 6.46. The molecule has 0 aromatic heterocycles. The topological polar surface area (TPSA) is 94.5 Å². The van der Waals surface area contributed by atoms with Crippen molar-refractivity contribution in [1.29, 1.82) is 0 Å². The van der Waals surface area contributed by atoms with E-state index in [9.17, 15) is 14.7 Å². The molecule has 0 radical (unpaired) electrons. The molecule has 1 saturated heterocycles. The van der Waals surface area contributed by atoms with E-state index in [0.717, 1.165) is 16.9 Å². The van der Waals surface area contributed by atoms with Crippen molar-refractivity contribution in [1.82, 2.24) is 4.90 Å². The van der Waals surface area contributed by atoms with Crippen LogP contribution in [0.1, 0.15) is 48.6 Å². The second-order valence-electron chi connectivity index (χ2n) is 10.2. The molecule has 0 aliphatic carbocycles. The van der Waals surface area contributed by atoms with Crippen LogP contribution in [0.5, 0.6) is 17.2 Å². The second kappa shape index (κ2) is 12.5. The highest BCUT2D eigenvalue weighted by atomic mass is 16.5. The van der Waals surface area contributed by atoms with E-state index in [1.807, 2.05) is 56.3 Å². The van der Waals surface area contributed by atoms with Gasteiger partial charge in [0.2, 0.25) is 0 Å². The van der Waals surface area contributed by atoms with Gasteiger partial charge in [0.05, 0.1) is 18.2 Å². The third-order valence-electron chi connectivity index (χ3n) is 7.28. The summed E-state index contributed by atoms with van der Waals surface area (Å²) in [6.45, 7) is 5.32. The number of Topliss-reactive ketones (excluding diaryl/α,β-unsaturated/α-hetero) is 1. The number of fused-ring (bicyclic) bond motifs is 1. The van der Waals surface area contributed by atoms with Crippen LogP contribution >= 0.6 is 0 Å². The molecule has 0 unspecified atom stereocenters. The molecule has 0 bridgehead atoms. The number of carbonyl (C=O) groups excluding carboxylic acids is 2. The number of methoxy groups -OCH3 is 1. The molecule has 0 spiro atoms. The average Bonchev–Trinajstić information content (AvgIpc) is 3.48. The van der Waals surface area contributed by atoms with E-state index in [2.05, 4.69) is 0 Å². The smallest absolute Gasteiger partial charge is 0.295 e. The summed E-state index contributed by atoms with van der Waals surface area (Å²) >= 11 is 0. The molecule has 3 aromatic rings. The SMILES string of the molecule is CCOc1cc([C@H]2C(=C(O)c3ccc4c(c3)C[C@H](C)O4)C(=O)C(=O)N2CCCOC)ccc1OCc1ccccc1. The number of carbonyl (C=O) groups is 2. The Hall–Kier alpha value is -4.30. The Morgan fingerprint density at radius 1 is 1.02 bits per heavy atom. The normalized spacial score (nSPS) is 19.2. The number of ketones is 1. The van der Waals surface area contributed by atoms with Gasteiger partial charge in [-0.05, 0) is 67.3 Å². The maximum Gasteiger partial charge on any atom is 0.295 e. The lowest BCUT2D eigenvalue weighted by molar-refractivity contribution is -0.140. The molecule has 5 rings (SSSR count). The fraction of sp³-hybridized carbons (Fsp3) is 0.333. The van der Waals surface area contributed by atoms with Crippen LogP contribution in [0.3, 0.4) is 0 Å². The summed E-state index contributed by atoms with van der Waals surface area (Å²) < 4.78 is 23.0. The number of nitrogens with zero attached hydrogens (tertiary/aromatic N) is 1. The van der Waals surface area contributed by atoms with E-state index in [1.165, 1.54) is 4.90 Å². The van der Waals surface area contributed by atoms with Gasteiger partial charge in [-0.25, -0.2) is 0 Å². The Labute approximate surface area is 240 Å². The highest BCUT2D eigenvalue weighted by Gasteiger charge is 2.46. The van der Waals surface area contributed by atoms with E-state index in [1.54, 1.807) is 31.4 Å². The van der Waals surface area contributed by atoms with E-state index in [4.69, 9.17) is 18.9 Å². The van der Waals surface area contributed by atoms with E-state index in [-0.39, 0.29) is 24.0 Å². The van der Waals surface area contributed by atoms with Crippen LogP contribution in [0, 0.1) is 0 Å². The Bertz CT molecular complexity index is 1450. The highest BCUT2D eigenvalue weighted by Crippen LogP contribution is 2.43. The second-order valence-corrected chi connectivity index (χ2v) is 10.2. The minimum Gasteiger partial charge on any atom is -0.507 e. The number of hydrogen-bond donors (Lipinski definition) is 1. The van der Waals surface area contributed by atoms with Gasteiger partial charge in [0.1, 0.15) is 24.2 Å². The minimum absolute atomic E-state index is 0.0355. The Balaban J connectivity index is 1.55. The number of aliphatic hydroxyl groups is 1. The van der Waals surface area contributed by atoms with Gasteiger partial charge in [0.25, 0.3) is 11.7 Å². The van der Waals surface area contributed by atoms with E-state index in [0.29, 0.717) is 55.3 Å². The molecule has 1 fully saturated rings. The van der Waals surface area contributed by atoms with Crippen molar-refractivity contribution in [3.05, 3.63) is 94.6 Å². The summed E-state index contributed by atoms with van der Waals surface area (Å²) in [6.07, 6.45) is 1.27. The van der Waals surface area contributed by atoms with Gasteiger partial charge in [0, 0.05) is 32.2 Å². The van der Waals surface area contributed by atoms with Crippen molar-refractivity contribution in [3.63, 3.8) is 0 Å². The van der Waals surface area contributed by atoms with Crippen LogP contribution in [0.15, 0.2) is 72.3 Å². The lowest BCUT2D eigenvalue weighted by atomic mass is 9.94. The zero-order valence-corrected chi connectivity index (χ0v) is 23.6. The lowest BCUT2D eigenvalue weighted by Crippen LogP contribution is -2.31. The van der Waals surface area contributed by atoms with Crippen molar-refractivity contribution >= 4 is 17.4 Å². The van der Waals surface area contributed by atoms with Gasteiger partial charge in [-0.2, -0.15) is 0 Å². The van der Waals surface area contributed by atoms with Crippen LogP contribution in [0.2, 0.25) is 0 Å². The molecule has 1 amide bonds. The van der Waals surface area contributed by atoms with Crippen molar-refractivity contribution in [2.75, 3.05) is 26.9 Å². The number of benzene rings is 3. The van der Waals surface area contributed by atoms with Crippen molar-refractivity contribution in [2.24, 2.45) is 0 Å². The molecule has 8 nitrogen and oxygen atoms in total. The molecule has 8 heteroatoms. The summed E-state index contributed by atoms with van der Waals surface area (Å²) in [6, 6.07) is 19.7. The first-order valence-electron chi connectivity index (χ1n) is 13.9. The van der Waals surface area contributed by atoms with Gasteiger partial charge >= 0.3 is 0 Å². The summed E-state index contributed by atoms with van der Waals surface area (Å²) in [7, 11) is 1.59. The summed E-state index contributed by atoms with van der Waals surface area (Å²) in [5, 5.41) is 11.5. The molecule has 2 aliphatic heterocycles. The fourth-order valence-electron chi connectivity index (χ4n) is 5.38. The largest absolute Gasteiger partial charge is 0.507 e. The predicted octanol–water partition coefficient (Wildman–Crippen LogP) is 5.45. The van der Waals surface area contributed by atoms with E-state index < -0.39 is 17.7 Å². The lowest BCUT2D eigenvalue weighted by Gasteiger charge is -2.26. The molecular weight excluding hydrogens is 522 g/mol. The molecule has 41 heavy (non-hydrogen) atoms. The molecule has 2 aliphatic rings. The number of rotatable bonds is 11. The molecule has 1 N–H and O–H groups in total. The zero-order chi connectivity index (χ0) is 28.9. The monoisotopic (exact) mass is 557 g/mol. The molecular formula is C33H35NO7. The fourth-order valence-corrected chi connectivity index (χ4v) is 5.38. The van der Waals surface area contributed by atoms with Gasteiger partial charge in [-0.15, -0.1) is 0 Å². The third-order valence-corrected chi connectivity index (χ3v) is 7.28. The molecule has 2 heterocycles. The van der Waals surface area contributed by atoms with Crippen molar-refractivity contribution in [3.8, 4) is 17.2 Å². The van der Waals surface area contributed by atoms with Crippen molar-refractivity contribution in [2.45, 2.75) is 45.4 Å². The number of aliphatic hydroxyl groups excluding tert-OH is 1. The molecule has 2 atom stereocenters. The molecule has 214 valence electrons. The third kappa shape index (κ3) is 5.93. The Morgan fingerprint density at radius 2 is 1.83 bits per heavy atom. The van der Waals surface area contributed by atoms with Gasteiger partial charge in [-0.3, -0.25) is 9.59 Å².